The van der Waals surface area contributed by atoms with E-state index in [0.29, 0.717) is 31.0 Å². The first-order valence-electron chi connectivity index (χ1n) is 6.44. The van der Waals surface area contributed by atoms with Gasteiger partial charge in [0.2, 0.25) is 0 Å². The van der Waals surface area contributed by atoms with Gasteiger partial charge in [-0.1, -0.05) is 0 Å². The van der Waals surface area contributed by atoms with Crippen molar-refractivity contribution in [3.8, 4) is 5.75 Å². The van der Waals surface area contributed by atoms with Gasteiger partial charge in [-0.2, -0.15) is 0 Å². The Balaban J connectivity index is 2.39. The number of nitrogens with one attached hydrogen (secondary N) is 1. The second-order valence-electron chi connectivity index (χ2n) is 4.23. The number of hydrogen-bond donors (Lipinski definition) is 2. The first-order valence-corrected chi connectivity index (χ1v) is 6.44. The van der Waals surface area contributed by atoms with E-state index in [4.69, 9.17) is 19.9 Å². The smallest absolute Gasteiger partial charge is 0.338 e. The molecule has 0 radical (unpaired) electrons. The van der Waals surface area contributed by atoms with Crippen LogP contribution in [0, 0.1) is 0 Å². The van der Waals surface area contributed by atoms with Crippen molar-refractivity contribution in [2.24, 2.45) is 0 Å². The van der Waals surface area contributed by atoms with Gasteiger partial charge in [-0.05, 0) is 24.6 Å². The number of ether oxygens (including phenoxy) is 3. The van der Waals surface area contributed by atoms with Crippen molar-refractivity contribution in [1.29, 1.82) is 0 Å². The summed E-state index contributed by atoms with van der Waals surface area (Å²) in [5, 5.41) is 2.61. The SMILES string of the molecule is COCCCNC(=O)COC(=O)c1ccc(OC)c(N)c1. The maximum atomic E-state index is 11.8. The number of carbonyl (C=O) groups is 2. The normalized spacial score (nSPS) is 10.0. The molecule has 0 aliphatic rings. The third kappa shape index (κ3) is 5.70. The van der Waals surface area contributed by atoms with E-state index < -0.39 is 5.97 Å². The van der Waals surface area contributed by atoms with Gasteiger partial charge in [0, 0.05) is 20.3 Å². The molecule has 0 saturated carbocycles. The molecule has 0 heterocycles. The lowest BCUT2D eigenvalue weighted by Crippen LogP contribution is -2.30. The number of amides is 1. The predicted octanol–water partition coefficient (Wildman–Crippen LogP) is 0.587. The van der Waals surface area contributed by atoms with Crippen LogP contribution in [0.2, 0.25) is 0 Å². The summed E-state index contributed by atoms with van der Waals surface area (Å²) in [5.74, 6) is -0.500. The summed E-state index contributed by atoms with van der Waals surface area (Å²) in [4.78, 5) is 23.2. The summed E-state index contributed by atoms with van der Waals surface area (Å²) in [6.45, 7) is 0.697. The lowest BCUT2D eigenvalue weighted by atomic mass is 10.2. The van der Waals surface area contributed by atoms with E-state index in [2.05, 4.69) is 5.32 Å². The Morgan fingerprint density at radius 3 is 2.67 bits per heavy atom. The summed E-state index contributed by atoms with van der Waals surface area (Å²) >= 11 is 0. The number of benzene rings is 1. The Hall–Kier alpha value is -2.28. The van der Waals surface area contributed by atoms with Crippen molar-refractivity contribution in [2.75, 3.05) is 39.7 Å². The van der Waals surface area contributed by atoms with Crippen LogP contribution in [0.3, 0.4) is 0 Å². The molecule has 1 amide bonds. The molecule has 3 N–H and O–H groups in total. The van der Waals surface area contributed by atoms with Crippen LogP contribution in [0.15, 0.2) is 18.2 Å². The molecule has 0 aliphatic heterocycles. The zero-order valence-corrected chi connectivity index (χ0v) is 12.2. The summed E-state index contributed by atoms with van der Waals surface area (Å²) in [5.41, 5.74) is 6.29. The Morgan fingerprint density at radius 1 is 1.29 bits per heavy atom. The summed E-state index contributed by atoms with van der Waals surface area (Å²) in [6, 6.07) is 4.53. The van der Waals surface area contributed by atoms with Gasteiger partial charge in [0.15, 0.2) is 6.61 Å². The van der Waals surface area contributed by atoms with Crippen LogP contribution in [0.25, 0.3) is 0 Å². The molecule has 0 unspecified atom stereocenters. The van der Waals surface area contributed by atoms with Crippen LogP contribution in [0.5, 0.6) is 5.75 Å². The minimum atomic E-state index is -0.614. The van der Waals surface area contributed by atoms with Crippen LogP contribution in [-0.2, 0) is 14.3 Å². The Labute approximate surface area is 123 Å². The van der Waals surface area contributed by atoms with Gasteiger partial charge >= 0.3 is 5.97 Å². The van der Waals surface area contributed by atoms with E-state index in [-0.39, 0.29) is 18.1 Å². The third-order valence-electron chi connectivity index (χ3n) is 2.65. The van der Waals surface area contributed by atoms with Crippen molar-refractivity contribution in [2.45, 2.75) is 6.42 Å². The maximum Gasteiger partial charge on any atom is 0.338 e. The fourth-order valence-electron chi connectivity index (χ4n) is 1.57. The number of anilines is 1. The number of rotatable bonds is 8. The number of hydrogen-bond acceptors (Lipinski definition) is 6. The molecule has 21 heavy (non-hydrogen) atoms. The predicted molar refractivity (Wildman–Crippen MR) is 77.2 cm³/mol. The van der Waals surface area contributed by atoms with Crippen LogP contribution in [-0.4, -0.2) is 45.9 Å². The highest BCUT2D eigenvalue weighted by atomic mass is 16.5. The van der Waals surface area contributed by atoms with Crippen molar-refractivity contribution in [1.82, 2.24) is 5.32 Å². The maximum absolute atomic E-state index is 11.8. The quantitative estimate of drug-likeness (QED) is 0.414. The Kier molecular flexibility index (Phi) is 7.03. The molecule has 1 rings (SSSR count). The molecule has 1 aromatic carbocycles. The third-order valence-corrected chi connectivity index (χ3v) is 2.65. The zero-order chi connectivity index (χ0) is 15.7. The minimum Gasteiger partial charge on any atom is -0.495 e. The van der Waals surface area contributed by atoms with E-state index in [9.17, 15) is 9.59 Å². The van der Waals surface area contributed by atoms with Crippen molar-refractivity contribution in [3.05, 3.63) is 23.8 Å². The Morgan fingerprint density at radius 2 is 2.05 bits per heavy atom. The molecule has 0 aromatic heterocycles. The highest BCUT2D eigenvalue weighted by Gasteiger charge is 2.11. The number of carbonyl (C=O) groups excluding carboxylic acids is 2. The monoisotopic (exact) mass is 296 g/mol. The van der Waals surface area contributed by atoms with Crippen molar-refractivity contribution in [3.63, 3.8) is 0 Å². The number of nitrogen functional groups attached to an aromatic ring is 1. The summed E-state index contributed by atoms with van der Waals surface area (Å²) in [7, 11) is 3.07. The van der Waals surface area contributed by atoms with Gasteiger partial charge in [0.05, 0.1) is 18.4 Å². The van der Waals surface area contributed by atoms with Crippen LogP contribution in [0.1, 0.15) is 16.8 Å². The van der Waals surface area contributed by atoms with E-state index in [1.165, 1.54) is 19.2 Å². The molecule has 7 nitrogen and oxygen atoms in total. The van der Waals surface area contributed by atoms with Gasteiger partial charge in [0.25, 0.3) is 5.91 Å². The molecule has 0 fully saturated rings. The summed E-state index contributed by atoms with van der Waals surface area (Å²) < 4.78 is 14.7. The fraction of sp³-hybridized carbons (Fsp3) is 0.429. The molecule has 0 saturated heterocycles. The lowest BCUT2D eigenvalue weighted by Gasteiger charge is -2.08. The molecule has 0 bridgehead atoms. The lowest BCUT2D eigenvalue weighted by molar-refractivity contribution is -0.124. The fourth-order valence-corrected chi connectivity index (χ4v) is 1.57. The second kappa shape index (κ2) is 8.80. The van der Waals surface area contributed by atoms with Gasteiger partial charge < -0.3 is 25.3 Å². The van der Waals surface area contributed by atoms with Crippen molar-refractivity contribution >= 4 is 17.6 Å². The number of nitrogens with two attached hydrogens (primary N) is 1. The van der Waals surface area contributed by atoms with Crippen LogP contribution < -0.4 is 15.8 Å². The molecular weight excluding hydrogens is 276 g/mol. The average Bonchev–Trinajstić information content (AvgIpc) is 2.49. The largest absolute Gasteiger partial charge is 0.495 e. The van der Waals surface area contributed by atoms with Crippen LogP contribution >= 0.6 is 0 Å². The second-order valence-corrected chi connectivity index (χ2v) is 4.23. The molecule has 0 aliphatic carbocycles. The number of methoxy groups -OCH3 is 2. The van der Waals surface area contributed by atoms with Gasteiger partial charge in [-0.25, -0.2) is 4.79 Å². The summed E-state index contributed by atoms with van der Waals surface area (Å²) in [6.07, 6.45) is 0.700. The standard InChI is InChI=1S/C14H20N2O5/c1-19-7-3-6-16-13(17)9-21-14(18)10-4-5-12(20-2)11(15)8-10/h4-5,8H,3,6-7,9,15H2,1-2H3,(H,16,17). The van der Waals surface area contributed by atoms with Gasteiger partial charge in [-0.3, -0.25) is 4.79 Å². The van der Waals surface area contributed by atoms with Crippen molar-refractivity contribution < 1.29 is 23.8 Å². The van der Waals surface area contributed by atoms with Gasteiger partial charge in [-0.15, -0.1) is 0 Å². The molecule has 1 aromatic rings. The van der Waals surface area contributed by atoms with E-state index >= 15 is 0 Å². The average molecular weight is 296 g/mol. The molecule has 0 spiro atoms. The molecule has 7 heteroatoms. The first-order chi connectivity index (χ1) is 10.1. The highest BCUT2D eigenvalue weighted by molar-refractivity contribution is 5.92. The molecular formula is C14H20N2O5. The topological polar surface area (TPSA) is 99.9 Å². The van der Waals surface area contributed by atoms with Gasteiger partial charge in [0.1, 0.15) is 5.75 Å². The van der Waals surface area contributed by atoms with E-state index in [0.717, 1.165) is 0 Å². The Bertz CT molecular complexity index is 490. The van der Waals surface area contributed by atoms with E-state index in [1.54, 1.807) is 13.2 Å². The zero-order valence-electron chi connectivity index (χ0n) is 12.2. The highest BCUT2D eigenvalue weighted by Crippen LogP contribution is 2.22. The molecule has 116 valence electrons. The minimum absolute atomic E-state index is 0.264. The number of esters is 1. The van der Waals surface area contributed by atoms with Crippen LogP contribution in [0.4, 0.5) is 5.69 Å². The van der Waals surface area contributed by atoms with E-state index in [1.807, 2.05) is 0 Å². The first kappa shape index (κ1) is 16.8. The molecule has 0 atom stereocenters.